The van der Waals surface area contributed by atoms with Crippen molar-refractivity contribution < 1.29 is 4.74 Å². The summed E-state index contributed by atoms with van der Waals surface area (Å²) in [5.41, 5.74) is 4.83. The summed E-state index contributed by atoms with van der Waals surface area (Å²) in [6, 6.07) is 9.99. The molecule has 0 amide bonds. The molecule has 5 nitrogen and oxygen atoms in total. The molecule has 2 N–H and O–H groups in total. The predicted octanol–water partition coefficient (Wildman–Crippen LogP) is 2.67. The van der Waals surface area contributed by atoms with E-state index < -0.39 is 0 Å². The normalized spacial score (nSPS) is 15.3. The quantitative estimate of drug-likeness (QED) is 0.765. The second kappa shape index (κ2) is 5.59. The number of aryl methyl sites for hydroxylation is 1. The third-order valence-electron chi connectivity index (χ3n) is 4.36. The van der Waals surface area contributed by atoms with Crippen LogP contribution in [0.5, 0.6) is 0 Å². The number of aromatic nitrogens is 2. The molecule has 0 unspecified atom stereocenters. The van der Waals surface area contributed by atoms with Crippen molar-refractivity contribution in [3.05, 3.63) is 52.3 Å². The van der Waals surface area contributed by atoms with Crippen LogP contribution in [0.4, 0.5) is 5.82 Å². The Kier molecular flexibility index (Phi) is 3.42. The Morgan fingerprint density at radius 1 is 1.09 bits per heavy atom. The summed E-state index contributed by atoms with van der Waals surface area (Å²) in [5.74, 6) is 0.860. The van der Waals surface area contributed by atoms with Crippen LogP contribution in [-0.4, -0.2) is 36.3 Å². The number of hydrogen-bond acceptors (Lipinski definition) is 3. The zero-order valence-electron chi connectivity index (χ0n) is 13.1. The second-order valence-electron chi connectivity index (χ2n) is 5.94. The van der Waals surface area contributed by atoms with Gasteiger partial charge in [0.1, 0.15) is 11.3 Å². The van der Waals surface area contributed by atoms with Gasteiger partial charge in [0, 0.05) is 30.9 Å². The maximum Gasteiger partial charge on any atom is 0.207 e. The topological polar surface area (TPSA) is 61.1 Å². The van der Waals surface area contributed by atoms with E-state index in [1.165, 1.54) is 5.56 Å². The Bertz CT molecular complexity index is 887. The Morgan fingerprint density at radius 3 is 2.57 bits per heavy atom. The predicted molar refractivity (Wildman–Crippen MR) is 92.1 cm³/mol. The number of aromatic amines is 2. The third kappa shape index (κ3) is 2.53. The van der Waals surface area contributed by atoms with Crippen molar-refractivity contribution in [1.82, 2.24) is 9.97 Å². The van der Waals surface area contributed by atoms with Crippen LogP contribution < -0.4 is 10.3 Å². The summed E-state index contributed by atoms with van der Waals surface area (Å²) in [7, 11) is 0. The monoisotopic (exact) mass is 309 g/mol. The molecule has 4 rings (SSSR count). The minimum Gasteiger partial charge on any atom is -0.378 e. The summed E-state index contributed by atoms with van der Waals surface area (Å²) in [5, 5.41) is 0. The van der Waals surface area contributed by atoms with Gasteiger partial charge in [-0.2, -0.15) is 0 Å². The van der Waals surface area contributed by atoms with Gasteiger partial charge in [0.15, 0.2) is 0 Å². The first-order chi connectivity index (χ1) is 11.2. The van der Waals surface area contributed by atoms with E-state index in [2.05, 4.69) is 46.1 Å². The molecule has 118 valence electrons. The lowest BCUT2D eigenvalue weighted by Gasteiger charge is -2.28. The highest BCUT2D eigenvalue weighted by molar-refractivity contribution is 5.93. The highest BCUT2D eigenvalue weighted by Gasteiger charge is 2.16. The summed E-state index contributed by atoms with van der Waals surface area (Å²) < 4.78 is 5.39. The van der Waals surface area contributed by atoms with Crippen molar-refractivity contribution in [3.63, 3.8) is 0 Å². The fraction of sp³-hybridized carbons (Fsp3) is 0.278. The molecule has 1 aliphatic heterocycles. The molecule has 0 atom stereocenters. The number of ether oxygens (including phenoxy) is 1. The van der Waals surface area contributed by atoms with Crippen molar-refractivity contribution in [2.75, 3.05) is 31.2 Å². The molecule has 0 radical (unpaired) electrons. The van der Waals surface area contributed by atoms with Crippen LogP contribution in [0.15, 0.2) is 41.3 Å². The molecule has 2 aromatic heterocycles. The molecule has 1 fully saturated rings. The van der Waals surface area contributed by atoms with E-state index in [0.717, 1.165) is 35.6 Å². The van der Waals surface area contributed by atoms with E-state index >= 15 is 0 Å². The van der Waals surface area contributed by atoms with Crippen molar-refractivity contribution in [3.8, 4) is 11.1 Å². The zero-order valence-corrected chi connectivity index (χ0v) is 13.1. The Labute approximate surface area is 133 Å². The number of morpholine rings is 1. The van der Waals surface area contributed by atoms with Crippen molar-refractivity contribution in [2.45, 2.75) is 6.92 Å². The molecule has 1 saturated heterocycles. The highest BCUT2D eigenvalue weighted by atomic mass is 16.5. The number of fused-ring (bicyclic) bond motifs is 1. The van der Waals surface area contributed by atoms with E-state index in [1.54, 1.807) is 6.07 Å². The van der Waals surface area contributed by atoms with Crippen molar-refractivity contribution in [1.29, 1.82) is 0 Å². The average Bonchev–Trinajstić information content (AvgIpc) is 3.01. The Morgan fingerprint density at radius 2 is 1.83 bits per heavy atom. The first-order valence-corrected chi connectivity index (χ1v) is 7.86. The van der Waals surface area contributed by atoms with Gasteiger partial charge in [-0.15, -0.1) is 0 Å². The molecule has 5 heteroatoms. The molecular formula is C18H19N3O2. The Hall–Kier alpha value is -2.53. The van der Waals surface area contributed by atoms with Gasteiger partial charge >= 0.3 is 0 Å². The van der Waals surface area contributed by atoms with E-state index in [1.807, 2.05) is 6.20 Å². The molecule has 0 saturated carbocycles. The fourth-order valence-corrected chi connectivity index (χ4v) is 3.04. The standard InChI is InChI=1S/C18H19N3O2/c1-12-2-4-13(5-3-12)14-11-19-18-15(22)10-16(20-17(14)18)21-6-8-23-9-7-21/h2-5,10-11,19H,6-9H2,1H3,(H,20,22). The van der Waals surface area contributed by atoms with Crippen molar-refractivity contribution in [2.24, 2.45) is 0 Å². The number of H-pyrrole nitrogens is 2. The lowest BCUT2D eigenvalue weighted by atomic mass is 10.1. The van der Waals surface area contributed by atoms with Gasteiger partial charge in [0.2, 0.25) is 5.43 Å². The van der Waals surface area contributed by atoms with Gasteiger partial charge in [0.05, 0.1) is 18.7 Å². The van der Waals surface area contributed by atoms with Gasteiger partial charge in [-0.1, -0.05) is 29.8 Å². The highest BCUT2D eigenvalue weighted by Crippen LogP contribution is 2.27. The van der Waals surface area contributed by atoms with Crippen LogP contribution in [0.1, 0.15) is 5.56 Å². The molecular weight excluding hydrogens is 290 g/mol. The number of anilines is 1. The van der Waals surface area contributed by atoms with E-state index in [4.69, 9.17) is 4.74 Å². The largest absolute Gasteiger partial charge is 0.378 e. The molecule has 3 aromatic rings. The third-order valence-corrected chi connectivity index (χ3v) is 4.36. The van der Waals surface area contributed by atoms with E-state index in [9.17, 15) is 4.79 Å². The van der Waals surface area contributed by atoms with Crippen LogP contribution >= 0.6 is 0 Å². The van der Waals surface area contributed by atoms with Gasteiger partial charge in [0.25, 0.3) is 0 Å². The lowest BCUT2D eigenvalue weighted by molar-refractivity contribution is 0.122. The molecule has 0 aliphatic carbocycles. The van der Waals surface area contributed by atoms with Gasteiger partial charge in [-0.25, -0.2) is 0 Å². The summed E-state index contributed by atoms with van der Waals surface area (Å²) >= 11 is 0. The average molecular weight is 309 g/mol. The number of rotatable bonds is 2. The first-order valence-electron chi connectivity index (χ1n) is 7.86. The van der Waals surface area contributed by atoms with Crippen LogP contribution in [0, 0.1) is 6.92 Å². The Balaban J connectivity index is 1.84. The molecule has 3 heterocycles. The van der Waals surface area contributed by atoms with Gasteiger partial charge in [-0.05, 0) is 12.5 Å². The summed E-state index contributed by atoms with van der Waals surface area (Å²) in [6.07, 6.45) is 1.90. The summed E-state index contributed by atoms with van der Waals surface area (Å²) in [4.78, 5) is 21.1. The smallest absolute Gasteiger partial charge is 0.207 e. The number of benzene rings is 1. The first kappa shape index (κ1) is 14.1. The number of nitrogens with zero attached hydrogens (tertiary/aromatic N) is 1. The van der Waals surface area contributed by atoms with Crippen LogP contribution in [0.25, 0.3) is 22.2 Å². The minimum absolute atomic E-state index is 0.0126. The number of pyridine rings is 1. The van der Waals surface area contributed by atoms with Crippen LogP contribution in [-0.2, 0) is 4.74 Å². The van der Waals surface area contributed by atoms with Gasteiger partial charge < -0.3 is 19.6 Å². The fourth-order valence-electron chi connectivity index (χ4n) is 3.04. The molecule has 0 spiro atoms. The molecule has 23 heavy (non-hydrogen) atoms. The molecule has 1 aliphatic rings. The minimum atomic E-state index is 0.0126. The molecule has 1 aromatic carbocycles. The number of hydrogen-bond donors (Lipinski definition) is 2. The van der Waals surface area contributed by atoms with Gasteiger partial charge in [-0.3, -0.25) is 4.79 Å². The zero-order chi connectivity index (χ0) is 15.8. The summed E-state index contributed by atoms with van der Waals surface area (Å²) in [6.45, 7) is 5.05. The maximum atomic E-state index is 12.4. The van der Waals surface area contributed by atoms with E-state index in [-0.39, 0.29) is 5.43 Å². The molecule has 0 bridgehead atoms. The van der Waals surface area contributed by atoms with Crippen LogP contribution in [0.2, 0.25) is 0 Å². The van der Waals surface area contributed by atoms with E-state index in [0.29, 0.717) is 18.7 Å². The SMILES string of the molecule is Cc1ccc(-c2c[nH]c3c(=O)cc(N4CCOCC4)[nH]c23)cc1. The lowest BCUT2D eigenvalue weighted by Crippen LogP contribution is -2.37. The van der Waals surface area contributed by atoms with Crippen molar-refractivity contribution >= 4 is 16.9 Å². The second-order valence-corrected chi connectivity index (χ2v) is 5.94. The number of nitrogens with one attached hydrogen (secondary N) is 2. The maximum absolute atomic E-state index is 12.4. The van der Waals surface area contributed by atoms with Crippen LogP contribution in [0.3, 0.4) is 0 Å².